The van der Waals surface area contributed by atoms with E-state index in [-0.39, 0.29) is 12.3 Å². The van der Waals surface area contributed by atoms with E-state index < -0.39 is 0 Å². The van der Waals surface area contributed by atoms with Gasteiger partial charge in [0.05, 0.1) is 17.8 Å². The number of carbonyl (C=O) groups excluding carboxylic acids is 1. The first-order chi connectivity index (χ1) is 10.2. The molecule has 21 heavy (non-hydrogen) atoms. The van der Waals surface area contributed by atoms with E-state index in [9.17, 15) is 4.79 Å². The SMILES string of the molecule is CCCCC(C)Cc1ncnc2c(C(=O)CN)cccc12. The second kappa shape index (κ2) is 7.27. The van der Waals surface area contributed by atoms with E-state index in [4.69, 9.17) is 5.73 Å². The maximum absolute atomic E-state index is 11.9. The highest BCUT2D eigenvalue weighted by atomic mass is 16.1. The van der Waals surface area contributed by atoms with Crippen LogP contribution >= 0.6 is 0 Å². The van der Waals surface area contributed by atoms with Crippen molar-refractivity contribution in [2.45, 2.75) is 39.5 Å². The number of benzene rings is 1. The monoisotopic (exact) mass is 285 g/mol. The van der Waals surface area contributed by atoms with Crippen molar-refractivity contribution in [3.05, 3.63) is 35.8 Å². The van der Waals surface area contributed by atoms with Crippen LogP contribution < -0.4 is 5.73 Å². The fraction of sp³-hybridized carbons (Fsp3) is 0.471. The molecule has 0 radical (unpaired) electrons. The second-order valence-corrected chi connectivity index (χ2v) is 5.60. The summed E-state index contributed by atoms with van der Waals surface area (Å²) in [4.78, 5) is 20.6. The summed E-state index contributed by atoms with van der Waals surface area (Å²) in [6.07, 6.45) is 6.12. The molecule has 2 rings (SSSR count). The average Bonchev–Trinajstić information content (AvgIpc) is 2.52. The first-order valence-corrected chi connectivity index (χ1v) is 7.63. The molecule has 2 N–H and O–H groups in total. The molecule has 1 aromatic carbocycles. The standard InChI is InChI=1S/C17H23N3O/c1-3-4-6-12(2)9-15-13-7-5-8-14(16(21)10-18)17(13)20-11-19-15/h5,7-8,11-12H,3-4,6,9-10,18H2,1-2H3. The van der Waals surface area contributed by atoms with Crippen LogP contribution in [0.3, 0.4) is 0 Å². The van der Waals surface area contributed by atoms with E-state index in [0.717, 1.165) is 23.0 Å². The van der Waals surface area contributed by atoms with Crippen molar-refractivity contribution in [2.75, 3.05) is 6.54 Å². The molecule has 0 aliphatic rings. The second-order valence-electron chi connectivity index (χ2n) is 5.60. The molecule has 0 saturated carbocycles. The zero-order valence-corrected chi connectivity index (χ0v) is 12.8. The molecule has 0 bridgehead atoms. The lowest BCUT2D eigenvalue weighted by atomic mass is 9.96. The van der Waals surface area contributed by atoms with Gasteiger partial charge in [0.25, 0.3) is 0 Å². The summed E-state index contributed by atoms with van der Waals surface area (Å²) in [6, 6.07) is 5.66. The summed E-state index contributed by atoms with van der Waals surface area (Å²) in [7, 11) is 0. The van der Waals surface area contributed by atoms with Gasteiger partial charge in [0.1, 0.15) is 6.33 Å². The lowest BCUT2D eigenvalue weighted by Gasteiger charge is -2.12. The molecule has 4 heteroatoms. The van der Waals surface area contributed by atoms with Crippen molar-refractivity contribution < 1.29 is 4.79 Å². The minimum Gasteiger partial charge on any atom is -0.324 e. The van der Waals surface area contributed by atoms with E-state index in [2.05, 4.69) is 23.8 Å². The van der Waals surface area contributed by atoms with Crippen LogP contribution in [0.4, 0.5) is 0 Å². The Kier molecular flexibility index (Phi) is 5.39. The third-order valence-electron chi connectivity index (χ3n) is 3.83. The van der Waals surface area contributed by atoms with Gasteiger partial charge in [-0.25, -0.2) is 9.97 Å². The molecule has 0 aliphatic carbocycles. The number of hydrogen-bond donors (Lipinski definition) is 1. The minimum absolute atomic E-state index is 0.00531. The van der Waals surface area contributed by atoms with Gasteiger partial charge in [0.2, 0.25) is 0 Å². The Balaban J connectivity index is 2.35. The summed E-state index contributed by atoms with van der Waals surface area (Å²) in [6.45, 7) is 4.46. The Labute approximate surface area is 125 Å². The molecular weight excluding hydrogens is 262 g/mol. The highest BCUT2D eigenvalue weighted by molar-refractivity contribution is 6.07. The van der Waals surface area contributed by atoms with Gasteiger partial charge in [-0.15, -0.1) is 0 Å². The number of fused-ring (bicyclic) bond motifs is 1. The van der Waals surface area contributed by atoms with Gasteiger partial charge in [0.15, 0.2) is 5.78 Å². The lowest BCUT2D eigenvalue weighted by Crippen LogP contribution is -2.14. The summed E-state index contributed by atoms with van der Waals surface area (Å²) < 4.78 is 0. The van der Waals surface area contributed by atoms with Gasteiger partial charge >= 0.3 is 0 Å². The van der Waals surface area contributed by atoms with E-state index in [1.54, 1.807) is 12.4 Å². The summed E-state index contributed by atoms with van der Waals surface area (Å²) in [5.41, 5.74) is 7.82. The molecule has 1 heterocycles. The number of rotatable bonds is 7. The largest absolute Gasteiger partial charge is 0.324 e. The maximum atomic E-state index is 11.9. The summed E-state index contributed by atoms with van der Waals surface area (Å²) in [5.74, 6) is 0.501. The van der Waals surface area contributed by atoms with Crippen molar-refractivity contribution in [2.24, 2.45) is 11.7 Å². The smallest absolute Gasteiger partial charge is 0.178 e. The van der Waals surface area contributed by atoms with Crippen LogP contribution in [0.5, 0.6) is 0 Å². The fourth-order valence-electron chi connectivity index (χ4n) is 2.62. The number of hydrogen-bond acceptors (Lipinski definition) is 4. The lowest BCUT2D eigenvalue weighted by molar-refractivity contribution is 0.100. The number of carbonyl (C=O) groups is 1. The molecule has 4 nitrogen and oxygen atoms in total. The molecule has 0 fully saturated rings. The first-order valence-electron chi connectivity index (χ1n) is 7.63. The van der Waals surface area contributed by atoms with Gasteiger partial charge < -0.3 is 5.73 Å². The van der Waals surface area contributed by atoms with Crippen LogP contribution in [-0.4, -0.2) is 22.3 Å². The third kappa shape index (κ3) is 3.64. The zero-order chi connectivity index (χ0) is 15.2. The highest BCUT2D eigenvalue weighted by Gasteiger charge is 2.13. The highest BCUT2D eigenvalue weighted by Crippen LogP contribution is 2.22. The van der Waals surface area contributed by atoms with Crippen molar-refractivity contribution >= 4 is 16.7 Å². The molecule has 1 atom stereocenters. The van der Waals surface area contributed by atoms with Crippen molar-refractivity contribution in [1.82, 2.24) is 9.97 Å². The maximum Gasteiger partial charge on any atom is 0.178 e. The van der Waals surface area contributed by atoms with Crippen LogP contribution in [-0.2, 0) is 6.42 Å². The van der Waals surface area contributed by atoms with Gasteiger partial charge in [-0.05, 0) is 18.4 Å². The van der Waals surface area contributed by atoms with E-state index >= 15 is 0 Å². The molecule has 1 aromatic heterocycles. The van der Waals surface area contributed by atoms with Crippen LogP contribution in [0, 0.1) is 5.92 Å². The van der Waals surface area contributed by atoms with E-state index in [1.165, 1.54) is 19.3 Å². The molecule has 2 aromatic rings. The quantitative estimate of drug-likeness (QED) is 0.793. The van der Waals surface area contributed by atoms with Gasteiger partial charge in [-0.3, -0.25) is 4.79 Å². The Morgan fingerprint density at radius 2 is 2.14 bits per heavy atom. The number of nitrogens with zero attached hydrogens (tertiary/aromatic N) is 2. The zero-order valence-electron chi connectivity index (χ0n) is 12.8. The Morgan fingerprint density at radius 1 is 1.33 bits per heavy atom. The van der Waals surface area contributed by atoms with Crippen molar-refractivity contribution in [3.63, 3.8) is 0 Å². The van der Waals surface area contributed by atoms with E-state index in [0.29, 0.717) is 11.5 Å². The van der Waals surface area contributed by atoms with Crippen LogP contribution in [0.15, 0.2) is 24.5 Å². The molecule has 1 unspecified atom stereocenters. The van der Waals surface area contributed by atoms with E-state index in [1.807, 2.05) is 12.1 Å². The minimum atomic E-state index is -0.0794. The normalized spacial score (nSPS) is 12.5. The number of nitrogens with two attached hydrogens (primary N) is 1. The van der Waals surface area contributed by atoms with Crippen LogP contribution in [0.1, 0.15) is 49.2 Å². The number of aromatic nitrogens is 2. The molecule has 112 valence electrons. The predicted molar refractivity (Wildman–Crippen MR) is 85.3 cm³/mol. The molecular formula is C17H23N3O. The average molecular weight is 285 g/mol. The first kappa shape index (κ1) is 15.6. The van der Waals surface area contributed by atoms with Gasteiger partial charge in [-0.2, -0.15) is 0 Å². The molecule has 0 amide bonds. The topological polar surface area (TPSA) is 68.9 Å². The number of para-hydroxylation sites is 1. The fourth-order valence-corrected chi connectivity index (χ4v) is 2.62. The summed E-state index contributed by atoms with van der Waals surface area (Å²) in [5, 5.41) is 0.972. The predicted octanol–water partition coefficient (Wildman–Crippen LogP) is 3.14. The van der Waals surface area contributed by atoms with Crippen LogP contribution in [0.25, 0.3) is 10.9 Å². The van der Waals surface area contributed by atoms with Gasteiger partial charge in [-0.1, -0.05) is 45.2 Å². The Morgan fingerprint density at radius 3 is 2.86 bits per heavy atom. The number of unbranched alkanes of at least 4 members (excludes halogenated alkanes) is 1. The molecule has 0 spiro atoms. The molecule has 0 saturated heterocycles. The Hall–Kier alpha value is -1.81. The van der Waals surface area contributed by atoms with Gasteiger partial charge in [0, 0.05) is 10.9 Å². The molecule has 0 aliphatic heterocycles. The number of Topliss-reactive ketones (excluding diaryl/α,β-unsaturated/α-hetero) is 1. The summed E-state index contributed by atoms with van der Waals surface area (Å²) >= 11 is 0. The number of ketones is 1. The third-order valence-corrected chi connectivity index (χ3v) is 3.83. The Bertz CT molecular complexity index is 624. The van der Waals surface area contributed by atoms with Crippen LogP contribution in [0.2, 0.25) is 0 Å². The van der Waals surface area contributed by atoms with Crippen molar-refractivity contribution in [1.29, 1.82) is 0 Å². The van der Waals surface area contributed by atoms with Crippen molar-refractivity contribution in [3.8, 4) is 0 Å².